The van der Waals surface area contributed by atoms with Crippen molar-refractivity contribution in [1.82, 2.24) is 0 Å². The molecule has 0 aromatic heterocycles. The lowest BCUT2D eigenvalue weighted by Gasteiger charge is -2.38. The molecule has 0 radical (unpaired) electrons. The molecule has 3 heterocycles. The summed E-state index contributed by atoms with van der Waals surface area (Å²) in [6.07, 6.45) is 4.64. The highest BCUT2D eigenvalue weighted by Gasteiger charge is 2.44. The molecule has 5 aromatic carbocycles. The third kappa shape index (κ3) is 4.44. The first-order valence-electron chi connectivity index (χ1n) is 17.0. The van der Waals surface area contributed by atoms with Crippen LogP contribution < -0.4 is 14.5 Å². The van der Waals surface area contributed by atoms with Crippen LogP contribution in [0.1, 0.15) is 41.7 Å². The summed E-state index contributed by atoms with van der Waals surface area (Å²) in [7, 11) is 0. The quantitative estimate of drug-likeness (QED) is 0.203. The van der Waals surface area contributed by atoms with Crippen molar-refractivity contribution in [1.29, 1.82) is 0 Å². The third-order valence-electron chi connectivity index (χ3n) is 10.8. The lowest BCUT2D eigenvalue weighted by Crippen LogP contribution is -2.37. The van der Waals surface area contributed by atoms with Crippen LogP contribution in [0.4, 0.5) is 11.4 Å². The Morgan fingerprint density at radius 1 is 0.617 bits per heavy atom. The Balaban J connectivity index is 1.21. The summed E-state index contributed by atoms with van der Waals surface area (Å²) in [4.78, 5) is 4.86. The molecule has 3 aliphatic heterocycles. The van der Waals surface area contributed by atoms with Gasteiger partial charge >= 0.3 is 0 Å². The molecule has 2 fully saturated rings. The molecule has 0 N–H and O–H groups in total. The minimum Gasteiger partial charge on any atom is -0.472 e. The maximum absolute atomic E-state index is 7.48. The molecule has 0 amide bonds. The fraction of sp³-hybridized carbons (Fsp3) is 0.286. The molecule has 236 valence electrons. The zero-order chi connectivity index (χ0) is 31.6. The number of ether oxygens (including phenoxy) is 3. The van der Waals surface area contributed by atoms with Crippen molar-refractivity contribution < 1.29 is 14.2 Å². The van der Waals surface area contributed by atoms with Crippen molar-refractivity contribution in [2.45, 2.75) is 24.9 Å². The highest BCUT2D eigenvalue weighted by Crippen LogP contribution is 2.58. The highest BCUT2D eigenvalue weighted by atomic mass is 16.5. The molecule has 0 saturated carbocycles. The normalized spacial score (nSPS) is 21.2. The molecule has 2 saturated heterocycles. The van der Waals surface area contributed by atoms with Gasteiger partial charge < -0.3 is 24.0 Å². The summed E-state index contributed by atoms with van der Waals surface area (Å²) in [6, 6.07) is 35.5. The van der Waals surface area contributed by atoms with Crippen LogP contribution in [0.25, 0.3) is 28.0 Å². The van der Waals surface area contributed by atoms with E-state index in [-0.39, 0.29) is 5.41 Å². The molecular weight excluding hydrogens is 580 g/mol. The summed E-state index contributed by atoms with van der Waals surface area (Å²) in [6.45, 7) is 11.5. The van der Waals surface area contributed by atoms with Gasteiger partial charge in [0.1, 0.15) is 5.75 Å². The second-order valence-electron chi connectivity index (χ2n) is 13.7. The Labute approximate surface area is 277 Å². The topological polar surface area (TPSA) is 34.2 Å². The fourth-order valence-electron chi connectivity index (χ4n) is 8.35. The average Bonchev–Trinajstić information content (AvgIpc) is 3.39. The molecule has 5 nitrogen and oxygen atoms in total. The molecule has 5 aromatic rings. The smallest absolute Gasteiger partial charge is 0.178 e. The molecule has 1 aliphatic carbocycles. The van der Waals surface area contributed by atoms with Crippen molar-refractivity contribution in [2.75, 3.05) is 62.4 Å². The van der Waals surface area contributed by atoms with Crippen molar-refractivity contribution in [2.24, 2.45) is 0 Å². The van der Waals surface area contributed by atoms with E-state index >= 15 is 0 Å². The molecule has 1 atom stereocenters. The first-order valence-corrected chi connectivity index (χ1v) is 17.0. The van der Waals surface area contributed by atoms with Gasteiger partial charge in [-0.25, -0.2) is 0 Å². The van der Waals surface area contributed by atoms with Crippen molar-refractivity contribution in [3.8, 4) is 16.9 Å². The SMILES string of the molecule is CC1(C)c2cc(N3CCOCC3)ccc2-c2c1c1c(c3ccccc23)OC(c2ccccc2)(c2ccc(N3CCOCC3)cc2)C=C1. The van der Waals surface area contributed by atoms with E-state index in [2.05, 4.69) is 133 Å². The number of hydrogen-bond acceptors (Lipinski definition) is 5. The van der Waals surface area contributed by atoms with E-state index in [0.29, 0.717) is 0 Å². The largest absolute Gasteiger partial charge is 0.472 e. The number of benzene rings is 5. The highest BCUT2D eigenvalue weighted by molar-refractivity contribution is 6.08. The van der Waals surface area contributed by atoms with Crippen LogP contribution in [0, 0.1) is 0 Å². The Morgan fingerprint density at radius 2 is 1.21 bits per heavy atom. The summed E-state index contributed by atoms with van der Waals surface area (Å²) >= 11 is 0. The molecule has 0 bridgehead atoms. The second-order valence-corrected chi connectivity index (χ2v) is 13.7. The molecule has 9 rings (SSSR count). The van der Waals surface area contributed by atoms with Crippen LogP contribution in [-0.2, 0) is 20.5 Å². The van der Waals surface area contributed by atoms with Gasteiger partial charge in [-0.05, 0) is 58.0 Å². The van der Waals surface area contributed by atoms with Crippen LogP contribution >= 0.6 is 0 Å². The fourth-order valence-corrected chi connectivity index (χ4v) is 8.35. The number of morpholine rings is 2. The van der Waals surface area contributed by atoms with Crippen LogP contribution in [-0.4, -0.2) is 52.6 Å². The lowest BCUT2D eigenvalue weighted by atomic mass is 9.76. The van der Waals surface area contributed by atoms with Crippen molar-refractivity contribution in [3.63, 3.8) is 0 Å². The minimum atomic E-state index is -0.770. The van der Waals surface area contributed by atoms with E-state index in [1.54, 1.807) is 0 Å². The van der Waals surface area contributed by atoms with Gasteiger partial charge in [-0.1, -0.05) is 92.7 Å². The van der Waals surface area contributed by atoms with Crippen LogP contribution in [0.2, 0.25) is 0 Å². The van der Waals surface area contributed by atoms with Crippen molar-refractivity contribution >= 4 is 28.2 Å². The van der Waals surface area contributed by atoms with E-state index in [1.807, 2.05) is 0 Å². The Kier molecular flexibility index (Phi) is 6.70. The summed E-state index contributed by atoms with van der Waals surface area (Å²) in [5.41, 5.74) is 10.3. The Morgan fingerprint density at radius 3 is 1.91 bits per heavy atom. The second kappa shape index (κ2) is 11.0. The lowest BCUT2D eigenvalue weighted by molar-refractivity contribution is 0.122. The number of rotatable bonds is 4. The van der Waals surface area contributed by atoms with Gasteiger partial charge in [0.2, 0.25) is 0 Å². The standard InChI is InChI=1S/C42H40N2O3/c1-41(2)37-28-32(44-22-26-46-27-23-44)16-17-35(37)38-33-10-6-7-11-34(33)40-36(39(38)41)18-19-42(47-40,29-8-4-3-5-9-29)30-12-14-31(15-13-30)43-20-24-45-25-21-43/h3-19,28H,20-27H2,1-2H3. The Bertz CT molecular complexity index is 2000. The number of nitrogens with zero attached hydrogens (tertiary/aromatic N) is 2. The summed E-state index contributed by atoms with van der Waals surface area (Å²) in [5.74, 6) is 0.956. The van der Waals surface area contributed by atoms with Crippen LogP contribution in [0.5, 0.6) is 5.75 Å². The monoisotopic (exact) mass is 620 g/mol. The number of fused-ring (bicyclic) bond motifs is 8. The van der Waals surface area contributed by atoms with Crippen LogP contribution in [0.3, 0.4) is 0 Å². The zero-order valence-electron chi connectivity index (χ0n) is 27.2. The first-order chi connectivity index (χ1) is 23.0. The summed E-state index contributed by atoms with van der Waals surface area (Å²) < 4.78 is 18.7. The third-order valence-corrected chi connectivity index (χ3v) is 10.8. The van der Waals surface area contributed by atoms with E-state index in [0.717, 1.165) is 74.9 Å². The molecular formula is C42H40N2O3. The van der Waals surface area contributed by atoms with E-state index in [4.69, 9.17) is 14.2 Å². The maximum atomic E-state index is 7.48. The van der Waals surface area contributed by atoms with E-state index in [9.17, 15) is 0 Å². The van der Waals surface area contributed by atoms with Gasteiger partial charge in [-0.15, -0.1) is 0 Å². The first kappa shape index (κ1) is 28.6. The molecule has 47 heavy (non-hydrogen) atoms. The number of hydrogen-bond donors (Lipinski definition) is 0. The molecule has 0 spiro atoms. The van der Waals surface area contributed by atoms with E-state index < -0.39 is 5.60 Å². The van der Waals surface area contributed by atoms with E-state index in [1.165, 1.54) is 44.6 Å². The average molecular weight is 621 g/mol. The van der Waals surface area contributed by atoms with Gasteiger partial charge in [-0.3, -0.25) is 0 Å². The van der Waals surface area contributed by atoms with Gasteiger partial charge in [0.25, 0.3) is 0 Å². The molecule has 4 aliphatic rings. The van der Waals surface area contributed by atoms with Gasteiger partial charge in [0, 0.05) is 65.0 Å². The predicted octanol–water partition coefficient (Wildman–Crippen LogP) is 8.17. The van der Waals surface area contributed by atoms with Gasteiger partial charge in [0.15, 0.2) is 5.60 Å². The maximum Gasteiger partial charge on any atom is 0.178 e. The van der Waals surface area contributed by atoms with Crippen molar-refractivity contribution in [3.05, 3.63) is 131 Å². The van der Waals surface area contributed by atoms with Gasteiger partial charge in [0.05, 0.1) is 26.4 Å². The molecule has 1 unspecified atom stereocenters. The van der Waals surface area contributed by atoms with Crippen LogP contribution in [0.15, 0.2) is 103 Å². The minimum absolute atomic E-state index is 0.207. The summed E-state index contributed by atoms with van der Waals surface area (Å²) in [5, 5.41) is 2.39. The Hall–Kier alpha value is -4.58. The number of anilines is 2. The zero-order valence-corrected chi connectivity index (χ0v) is 27.2. The van der Waals surface area contributed by atoms with Gasteiger partial charge in [-0.2, -0.15) is 0 Å². The predicted molar refractivity (Wildman–Crippen MR) is 191 cm³/mol. The molecule has 5 heteroatoms.